The van der Waals surface area contributed by atoms with Gasteiger partial charge in [0.15, 0.2) is 0 Å². The maximum Gasteiger partial charge on any atom is 0.340 e. The number of hydrogen-bond acceptors (Lipinski definition) is 3. The van der Waals surface area contributed by atoms with Crippen molar-refractivity contribution in [1.82, 2.24) is 4.98 Å². The van der Waals surface area contributed by atoms with Gasteiger partial charge in [-0.15, -0.1) is 0 Å². The quantitative estimate of drug-likeness (QED) is 0.723. The number of hydrogen-bond donors (Lipinski definition) is 0. The van der Waals surface area contributed by atoms with Gasteiger partial charge in [-0.1, -0.05) is 0 Å². The van der Waals surface area contributed by atoms with Crippen LogP contribution in [0.2, 0.25) is 0 Å². The van der Waals surface area contributed by atoms with Gasteiger partial charge in [0.05, 0.1) is 11.8 Å². The number of halogens is 1. The van der Waals surface area contributed by atoms with Crippen LogP contribution in [-0.2, 0) is 4.74 Å². The molecule has 0 aromatic carbocycles. The summed E-state index contributed by atoms with van der Waals surface area (Å²) < 4.78 is 18.3. The van der Waals surface area contributed by atoms with E-state index < -0.39 is 11.8 Å². The van der Waals surface area contributed by atoms with Crippen LogP contribution in [0.1, 0.15) is 43.0 Å². The summed E-state index contributed by atoms with van der Waals surface area (Å²) in [5.41, 5.74) is -0.211. The van der Waals surface area contributed by atoms with E-state index in [1.165, 1.54) is 6.20 Å². The summed E-state index contributed by atoms with van der Waals surface area (Å²) in [7, 11) is 0. The Morgan fingerprint density at radius 1 is 1.44 bits per heavy atom. The fourth-order valence-corrected chi connectivity index (χ4v) is 2.03. The van der Waals surface area contributed by atoms with Gasteiger partial charge in [-0.25, -0.2) is 9.18 Å². The summed E-state index contributed by atoms with van der Waals surface area (Å²) in [6.45, 7) is 1.92. The van der Waals surface area contributed by atoms with Crippen molar-refractivity contribution >= 4 is 5.97 Å². The normalized spacial score (nSPS) is 18.4. The van der Waals surface area contributed by atoms with E-state index in [0.717, 1.165) is 37.9 Å². The number of carbonyl (C=O) groups excluding carboxylic acids is 1. The molecule has 2 rings (SSSR count). The van der Waals surface area contributed by atoms with E-state index in [1.54, 1.807) is 0 Å². The maximum absolute atomic E-state index is 12.9. The Hall–Kier alpha value is -1.45. The van der Waals surface area contributed by atoms with Gasteiger partial charge in [-0.05, 0) is 38.7 Å². The molecule has 1 fully saturated rings. The molecule has 1 aromatic rings. The first-order valence-corrected chi connectivity index (χ1v) is 5.43. The molecule has 1 heterocycles. The molecule has 16 heavy (non-hydrogen) atoms. The molecule has 1 aliphatic carbocycles. The molecule has 1 saturated carbocycles. The standard InChI is InChI=1S/C12H14FNO2/c1-12(4-2-3-5-12)16-11(15)9-6-10(13)8-14-7-9/h6-8H,2-5H2,1H3. The van der Waals surface area contributed by atoms with Crippen molar-refractivity contribution in [3.8, 4) is 0 Å². The van der Waals surface area contributed by atoms with Gasteiger partial charge in [0.1, 0.15) is 11.4 Å². The molecule has 1 aliphatic rings. The van der Waals surface area contributed by atoms with Crippen LogP contribution in [-0.4, -0.2) is 16.6 Å². The Balaban J connectivity index is 2.08. The van der Waals surface area contributed by atoms with Gasteiger partial charge in [0.25, 0.3) is 0 Å². The fourth-order valence-electron chi connectivity index (χ4n) is 2.03. The third-order valence-corrected chi connectivity index (χ3v) is 2.94. The average Bonchev–Trinajstić information content (AvgIpc) is 2.65. The summed E-state index contributed by atoms with van der Waals surface area (Å²) in [5.74, 6) is -1.01. The number of carbonyl (C=O) groups is 1. The Morgan fingerprint density at radius 3 is 2.75 bits per heavy atom. The summed E-state index contributed by atoms with van der Waals surface area (Å²) in [6, 6.07) is 1.15. The smallest absolute Gasteiger partial charge is 0.340 e. The maximum atomic E-state index is 12.9. The van der Waals surface area contributed by atoms with Crippen LogP contribution in [0.15, 0.2) is 18.5 Å². The number of ether oxygens (including phenoxy) is 1. The Kier molecular flexibility index (Phi) is 2.90. The van der Waals surface area contributed by atoms with Crippen LogP contribution in [0.25, 0.3) is 0 Å². The molecule has 4 heteroatoms. The van der Waals surface area contributed by atoms with Gasteiger partial charge in [0, 0.05) is 6.20 Å². The highest BCUT2D eigenvalue weighted by molar-refractivity contribution is 5.89. The number of nitrogens with zero attached hydrogens (tertiary/aromatic N) is 1. The summed E-state index contributed by atoms with van der Waals surface area (Å²) >= 11 is 0. The van der Waals surface area contributed by atoms with E-state index in [9.17, 15) is 9.18 Å². The number of pyridine rings is 1. The molecular weight excluding hydrogens is 209 g/mol. The lowest BCUT2D eigenvalue weighted by Gasteiger charge is -2.23. The third-order valence-electron chi connectivity index (χ3n) is 2.94. The average molecular weight is 223 g/mol. The minimum atomic E-state index is -0.522. The van der Waals surface area contributed by atoms with E-state index in [4.69, 9.17) is 4.74 Å². The van der Waals surface area contributed by atoms with Gasteiger partial charge < -0.3 is 4.74 Å². The molecule has 0 unspecified atom stereocenters. The second-order valence-electron chi connectivity index (χ2n) is 4.44. The first-order valence-electron chi connectivity index (χ1n) is 5.43. The van der Waals surface area contributed by atoms with Crippen LogP contribution >= 0.6 is 0 Å². The van der Waals surface area contributed by atoms with Gasteiger partial charge in [-0.3, -0.25) is 4.98 Å². The van der Waals surface area contributed by atoms with Crippen molar-refractivity contribution < 1.29 is 13.9 Å². The lowest BCUT2D eigenvalue weighted by Crippen LogP contribution is -2.28. The SMILES string of the molecule is CC1(OC(=O)c2cncc(F)c2)CCCC1. The van der Waals surface area contributed by atoms with Crippen LogP contribution in [0.3, 0.4) is 0 Å². The van der Waals surface area contributed by atoms with Gasteiger partial charge in [-0.2, -0.15) is 0 Å². The number of aromatic nitrogens is 1. The molecule has 0 spiro atoms. The number of rotatable bonds is 2. The third kappa shape index (κ3) is 2.38. The van der Waals surface area contributed by atoms with E-state index in [2.05, 4.69) is 4.98 Å². The molecule has 1 aromatic heterocycles. The van der Waals surface area contributed by atoms with Crippen molar-refractivity contribution in [3.05, 3.63) is 29.8 Å². The largest absolute Gasteiger partial charge is 0.456 e. The van der Waals surface area contributed by atoms with E-state index >= 15 is 0 Å². The number of esters is 1. The molecule has 86 valence electrons. The van der Waals surface area contributed by atoms with Crippen molar-refractivity contribution in [1.29, 1.82) is 0 Å². The second kappa shape index (κ2) is 4.20. The minimum absolute atomic E-state index is 0.174. The Bertz CT molecular complexity index is 400. The molecule has 0 radical (unpaired) electrons. The van der Waals surface area contributed by atoms with Crippen molar-refractivity contribution in [2.24, 2.45) is 0 Å². The topological polar surface area (TPSA) is 39.2 Å². The first-order chi connectivity index (χ1) is 7.59. The highest BCUT2D eigenvalue weighted by Crippen LogP contribution is 2.33. The lowest BCUT2D eigenvalue weighted by atomic mass is 10.1. The molecule has 0 aliphatic heterocycles. The van der Waals surface area contributed by atoms with Gasteiger partial charge in [0.2, 0.25) is 0 Å². The predicted octanol–water partition coefficient (Wildman–Crippen LogP) is 2.71. The first kappa shape index (κ1) is 11.0. The minimum Gasteiger partial charge on any atom is -0.456 e. The van der Waals surface area contributed by atoms with Gasteiger partial charge >= 0.3 is 5.97 Å². The Morgan fingerprint density at radius 2 is 2.12 bits per heavy atom. The molecule has 0 amide bonds. The Labute approximate surface area is 93.6 Å². The van der Waals surface area contributed by atoms with Crippen LogP contribution in [0.5, 0.6) is 0 Å². The molecule has 0 bridgehead atoms. The zero-order valence-electron chi connectivity index (χ0n) is 9.20. The summed E-state index contributed by atoms with van der Waals surface area (Å²) in [4.78, 5) is 15.4. The highest BCUT2D eigenvalue weighted by atomic mass is 19.1. The lowest BCUT2D eigenvalue weighted by molar-refractivity contribution is -0.00618. The molecule has 3 nitrogen and oxygen atoms in total. The molecule has 0 N–H and O–H groups in total. The van der Waals surface area contributed by atoms with Crippen LogP contribution < -0.4 is 0 Å². The van der Waals surface area contributed by atoms with Crippen molar-refractivity contribution in [2.75, 3.05) is 0 Å². The molecular formula is C12H14FNO2. The van der Waals surface area contributed by atoms with E-state index in [1.807, 2.05) is 6.92 Å². The molecule has 0 atom stereocenters. The second-order valence-corrected chi connectivity index (χ2v) is 4.44. The fraction of sp³-hybridized carbons (Fsp3) is 0.500. The summed E-state index contributed by atoms with van der Waals surface area (Å²) in [6.07, 6.45) is 6.29. The zero-order chi connectivity index (χ0) is 11.6. The van der Waals surface area contributed by atoms with E-state index in [-0.39, 0.29) is 11.2 Å². The van der Waals surface area contributed by atoms with Crippen LogP contribution in [0, 0.1) is 5.82 Å². The monoisotopic (exact) mass is 223 g/mol. The predicted molar refractivity (Wildman–Crippen MR) is 56.5 cm³/mol. The molecule has 0 saturated heterocycles. The van der Waals surface area contributed by atoms with Crippen LogP contribution in [0.4, 0.5) is 4.39 Å². The van der Waals surface area contributed by atoms with Crippen molar-refractivity contribution in [3.63, 3.8) is 0 Å². The zero-order valence-corrected chi connectivity index (χ0v) is 9.20. The summed E-state index contributed by atoms with van der Waals surface area (Å²) in [5, 5.41) is 0. The van der Waals surface area contributed by atoms with Crippen molar-refractivity contribution in [2.45, 2.75) is 38.2 Å². The van der Waals surface area contributed by atoms with E-state index in [0.29, 0.717) is 0 Å². The highest BCUT2D eigenvalue weighted by Gasteiger charge is 2.32.